The highest BCUT2D eigenvalue weighted by Gasteiger charge is 2.19. The largest absolute Gasteiger partial charge is 0.481 e. The molecule has 0 saturated carbocycles. The van der Waals surface area contributed by atoms with Gasteiger partial charge in [-0.3, -0.25) is 4.79 Å². The summed E-state index contributed by atoms with van der Waals surface area (Å²) in [5.41, 5.74) is 0. The van der Waals surface area contributed by atoms with E-state index in [0.29, 0.717) is 26.1 Å². The van der Waals surface area contributed by atoms with Gasteiger partial charge in [-0.25, -0.2) is 0 Å². The van der Waals surface area contributed by atoms with E-state index >= 15 is 0 Å². The van der Waals surface area contributed by atoms with E-state index in [1.54, 1.807) is 0 Å². The van der Waals surface area contributed by atoms with Crippen LogP contribution in [-0.4, -0.2) is 24.3 Å². The molecular formula is C10H22O3. The second kappa shape index (κ2) is 11.4. The zero-order chi connectivity index (χ0) is 10.7. The number of rotatable bonds is 1. The van der Waals surface area contributed by atoms with Crippen LogP contribution in [0.3, 0.4) is 0 Å². The van der Waals surface area contributed by atoms with E-state index in [2.05, 4.69) is 0 Å². The van der Waals surface area contributed by atoms with Gasteiger partial charge < -0.3 is 9.84 Å². The van der Waals surface area contributed by atoms with E-state index in [0.717, 1.165) is 0 Å². The molecule has 13 heavy (non-hydrogen) atoms. The molecule has 0 aromatic heterocycles. The Morgan fingerprint density at radius 2 is 1.54 bits per heavy atom. The van der Waals surface area contributed by atoms with E-state index in [9.17, 15) is 4.79 Å². The number of carbonyl (C=O) groups is 1. The number of hydrogen-bond donors (Lipinski definition) is 1. The van der Waals surface area contributed by atoms with Crippen LogP contribution in [-0.2, 0) is 9.53 Å². The van der Waals surface area contributed by atoms with Gasteiger partial charge in [-0.05, 0) is 12.8 Å². The SMILES string of the molecule is CC.CC.O=C(O)C1CCOCC1. The van der Waals surface area contributed by atoms with Crippen molar-refractivity contribution in [2.75, 3.05) is 13.2 Å². The molecule has 1 heterocycles. The summed E-state index contributed by atoms with van der Waals surface area (Å²) in [5.74, 6) is -0.836. The molecule has 3 heteroatoms. The lowest BCUT2D eigenvalue weighted by Gasteiger charge is -2.17. The minimum absolute atomic E-state index is 0.154. The van der Waals surface area contributed by atoms with Gasteiger partial charge >= 0.3 is 5.97 Å². The minimum Gasteiger partial charge on any atom is -0.481 e. The number of ether oxygens (including phenoxy) is 1. The fourth-order valence-electron chi connectivity index (χ4n) is 0.945. The Morgan fingerprint density at radius 3 is 1.77 bits per heavy atom. The molecule has 0 unspecified atom stereocenters. The summed E-state index contributed by atoms with van der Waals surface area (Å²) in [6.45, 7) is 9.22. The third-order valence-corrected chi connectivity index (χ3v) is 1.57. The third kappa shape index (κ3) is 7.78. The van der Waals surface area contributed by atoms with Crippen LogP contribution in [0.4, 0.5) is 0 Å². The molecule has 0 aliphatic carbocycles. The first-order chi connectivity index (χ1) is 6.30. The summed E-state index contributed by atoms with van der Waals surface area (Å²) in [6.07, 6.45) is 1.35. The van der Waals surface area contributed by atoms with Gasteiger partial charge in [0.25, 0.3) is 0 Å². The molecule has 1 saturated heterocycles. The number of carboxylic acids is 1. The summed E-state index contributed by atoms with van der Waals surface area (Å²) in [6, 6.07) is 0. The summed E-state index contributed by atoms with van der Waals surface area (Å²) in [7, 11) is 0. The second-order valence-electron chi connectivity index (χ2n) is 2.22. The average molecular weight is 190 g/mol. The maximum absolute atomic E-state index is 10.3. The lowest BCUT2D eigenvalue weighted by molar-refractivity contribution is -0.144. The number of hydrogen-bond acceptors (Lipinski definition) is 2. The van der Waals surface area contributed by atoms with Gasteiger partial charge in [0.1, 0.15) is 0 Å². The van der Waals surface area contributed by atoms with Gasteiger partial charge in [-0.1, -0.05) is 27.7 Å². The molecule has 1 aliphatic heterocycles. The molecule has 3 nitrogen and oxygen atoms in total. The number of aliphatic carboxylic acids is 1. The van der Waals surface area contributed by atoms with Crippen LogP contribution >= 0.6 is 0 Å². The van der Waals surface area contributed by atoms with Gasteiger partial charge in [-0.2, -0.15) is 0 Å². The Kier molecular flexibility index (Phi) is 13.1. The van der Waals surface area contributed by atoms with Crippen LogP contribution in [0.2, 0.25) is 0 Å². The Hall–Kier alpha value is -0.570. The van der Waals surface area contributed by atoms with Gasteiger partial charge in [0.2, 0.25) is 0 Å². The highest BCUT2D eigenvalue weighted by molar-refractivity contribution is 5.69. The van der Waals surface area contributed by atoms with Crippen molar-refractivity contribution in [3.05, 3.63) is 0 Å². The Balaban J connectivity index is 0. The molecule has 0 amide bonds. The molecule has 0 aromatic carbocycles. The van der Waals surface area contributed by atoms with Crippen LogP contribution in [0.15, 0.2) is 0 Å². The molecular weight excluding hydrogens is 168 g/mol. The van der Waals surface area contributed by atoms with Crippen LogP contribution < -0.4 is 0 Å². The van der Waals surface area contributed by atoms with Crippen molar-refractivity contribution in [3.63, 3.8) is 0 Å². The molecule has 1 fully saturated rings. The van der Waals surface area contributed by atoms with Crippen LogP contribution in [0.5, 0.6) is 0 Å². The maximum atomic E-state index is 10.3. The van der Waals surface area contributed by atoms with E-state index in [4.69, 9.17) is 9.84 Å². The Morgan fingerprint density at radius 1 is 1.15 bits per heavy atom. The average Bonchev–Trinajstić information content (AvgIpc) is 2.25. The van der Waals surface area contributed by atoms with Crippen molar-refractivity contribution in [2.45, 2.75) is 40.5 Å². The monoisotopic (exact) mass is 190 g/mol. The van der Waals surface area contributed by atoms with Crippen LogP contribution in [0, 0.1) is 5.92 Å². The zero-order valence-corrected chi connectivity index (χ0v) is 9.17. The molecule has 80 valence electrons. The molecule has 1 rings (SSSR count). The maximum Gasteiger partial charge on any atom is 0.306 e. The first-order valence-corrected chi connectivity index (χ1v) is 5.11. The highest BCUT2D eigenvalue weighted by Crippen LogP contribution is 2.13. The van der Waals surface area contributed by atoms with Crippen molar-refractivity contribution in [1.29, 1.82) is 0 Å². The summed E-state index contributed by atoms with van der Waals surface area (Å²) in [5, 5.41) is 8.48. The normalized spacial score (nSPS) is 16.0. The quantitative estimate of drug-likeness (QED) is 0.691. The molecule has 0 aromatic rings. The first-order valence-electron chi connectivity index (χ1n) is 5.11. The van der Waals surface area contributed by atoms with Crippen molar-refractivity contribution in [2.24, 2.45) is 5.92 Å². The fourth-order valence-corrected chi connectivity index (χ4v) is 0.945. The molecule has 0 radical (unpaired) electrons. The van der Waals surface area contributed by atoms with Crippen LogP contribution in [0.1, 0.15) is 40.5 Å². The van der Waals surface area contributed by atoms with Gasteiger partial charge in [0.15, 0.2) is 0 Å². The summed E-state index contributed by atoms with van der Waals surface area (Å²) >= 11 is 0. The number of carboxylic acid groups (broad SMARTS) is 1. The third-order valence-electron chi connectivity index (χ3n) is 1.57. The second-order valence-corrected chi connectivity index (χ2v) is 2.22. The molecule has 1 N–H and O–H groups in total. The molecule has 0 atom stereocenters. The molecule has 0 bridgehead atoms. The molecule has 0 spiro atoms. The summed E-state index contributed by atoms with van der Waals surface area (Å²) < 4.78 is 4.99. The van der Waals surface area contributed by atoms with Crippen molar-refractivity contribution in [3.8, 4) is 0 Å². The summed E-state index contributed by atoms with van der Waals surface area (Å²) in [4.78, 5) is 10.3. The van der Waals surface area contributed by atoms with Crippen molar-refractivity contribution >= 4 is 5.97 Å². The van der Waals surface area contributed by atoms with E-state index in [1.807, 2.05) is 27.7 Å². The predicted octanol–water partition coefficient (Wildman–Crippen LogP) is 2.55. The zero-order valence-electron chi connectivity index (χ0n) is 9.17. The topological polar surface area (TPSA) is 46.5 Å². The van der Waals surface area contributed by atoms with Gasteiger partial charge in [0, 0.05) is 13.2 Å². The van der Waals surface area contributed by atoms with Crippen molar-refractivity contribution < 1.29 is 14.6 Å². The first kappa shape index (κ1) is 14.9. The van der Waals surface area contributed by atoms with Crippen molar-refractivity contribution in [1.82, 2.24) is 0 Å². The molecule has 1 aliphatic rings. The Bertz CT molecular complexity index is 107. The lowest BCUT2D eigenvalue weighted by atomic mass is 10.0. The van der Waals surface area contributed by atoms with E-state index in [1.165, 1.54) is 0 Å². The standard InChI is InChI=1S/C6H10O3.2C2H6/c7-6(8)5-1-3-9-4-2-5;2*1-2/h5H,1-4H2,(H,7,8);2*1-2H3. The predicted molar refractivity (Wildman–Crippen MR) is 53.9 cm³/mol. The van der Waals surface area contributed by atoms with Gasteiger partial charge in [0.05, 0.1) is 5.92 Å². The Labute approximate surface area is 81.1 Å². The fraction of sp³-hybridized carbons (Fsp3) is 0.900. The van der Waals surface area contributed by atoms with E-state index in [-0.39, 0.29) is 5.92 Å². The van der Waals surface area contributed by atoms with Gasteiger partial charge in [-0.15, -0.1) is 0 Å². The highest BCUT2D eigenvalue weighted by atomic mass is 16.5. The smallest absolute Gasteiger partial charge is 0.306 e. The van der Waals surface area contributed by atoms with E-state index < -0.39 is 5.97 Å². The minimum atomic E-state index is -0.682. The van der Waals surface area contributed by atoms with Crippen LogP contribution in [0.25, 0.3) is 0 Å². The lowest BCUT2D eigenvalue weighted by Crippen LogP contribution is -2.22.